The average molecular weight is 359 g/mol. The van der Waals surface area contributed by atoms with Crippen LogP contribution >= 0.6 is 0 Å². The van der Waals surface area contributed by atoms with E-state index >= 15 is 0 Å². The van der Waals surface area contributed by atoms with Crippen LogP contribution in [0.1, 0.15) is 50.7 Å². The number of aliphatic hydroxyl groups is 1. The minimum Gasteiger partial charge on any atom is -0.391 e. The van der Waals surface area contributed by atoms with Crippen LogP contribution in [-0.2, 0) is 11.2 Å². The van der Waals surface area contributed by atoms with Gasteiger partial charge in [-0.05, 0) is 71.5 Å². The van der Waals surface area contributed by atoms with Crippen molar-refractivity contribution < 1.29 is 9.90 Å². The van der Waals surface area contributed by atoms with Crippen LogP contribution in [-0.4, -0.2) is 58.6 Å². The number of nitrogens with zero attached hydrogens (tertiary/aromatic N) is 2. The number of carbonyl (C=O) groups is 1. The second kappa shape index (κ2) is 8.53. The van der Waals surface area contributed by atoms with Gasteiger partial charge in [-0.25, -0.2) is 0 Å². The van der Waals surface area contributed by atoms with Crippen LogP contribution in [0.4, 0.5) is 0 Å². The molecule has 3 rings (SSSR count). The summed E-state index contributed by atoms with van der Waals surface area (Å²) in [6.07, 6.45) is 3.93. The van der Waals surface area contributed by atoms with E-state index in [0.29, 0.717) is 6.04 Å². The molecular formula is C22H34N2O2. The summed E-state index contributed by atoms with van der Waals surface area (Å²) in [5.41, 5.74) is 2.44. The first-order valence-electron chi connectivity index (χ1n) is 10.2. The number of piperidine rings is 2. The monoisotopic (exact) mass is 358 g/mol. The third-order valence-electron chi connectivity index (χ3n) is 6.20. The Labute approximate surface area is 158 Å². The predicted octanol–water partition coefficient (Wildman–Crippen LogP) is 3.01. The molecule has 0 spiro atoms. The second-order valence-electron chi connectivity index (χ2n) is 8.40. The summed E-state index contributed by atoms with van der Waals surface area (Å²) in [5.74, 6) is 0.389. The molecule has 2 aliphatic heterocycles. The standard InChI is InChI=1S/C22H34N2O2/c1-16(2)23-13-10-19(11-14-23)22(26)24-12-4-5-21(25)20(24)15-18-8-6-17(3)7-9-18/h6-9,16,19-21,25H,4-5,10-15H2,1-3H3/t20-,21-/m0/s1. The van der Waals surface area contributed by atoms with Crippen molar-refractivity contribution >= 4 is 5.91 Å². The molecule has 26 heavy (non-hydrogen) atoms. The SMILES string of the molecule is Cc1ccc(C[C@H]2[C@@H](O)CCCN2C(=O)C2CCN(C(C)C)CC2)cc1. The lowest BCUT2D eigenvalue weighted by Gasteiger charge is -2.42. The van der Waals surface area contributed by atoms with E-state index in [2.05, 4.69) is 49.9 Å². The third-order valence-corrected chi connectivity index (χ3v) is 6.20. The van der Waals surface area contributed by atoms with Crippen LogP contribution in [0.3, 0.4) is 0 Å². The zero-order valence-corrected chi connectivity index (χ0v) is 16.5. The lowest BCUT2D eigenvalue weighted by atomic mass is 9.89. The molecule has 0 bridgehead atoms. The molecule has 2 fully saturated rings. The second-order valence-corrected chi connectivity index (χ2v) is 8.40. The maximum absolute atomic E-state index is 13.2. The van der Waals surface area contributed by atoms with Crippen molar-refractivity contribution in [2.24, 2.45) is 5.92 Å². The number of aryl methyl sites for hydroxylation is 1. The fourth-order valence-electron chi connectivity index (χ4n) is 4.42. The van der Waals surface area contributed by atoms with Crippen molar-refractivity contribution in [3.05, 3.63) is 35.4 Å². The van der Waals surface area contributed by atoms with E-state index in [0.717, 1.165) is 51.7 Å². The molecule has 144 valence electrons. The van der Waals surface area contributed by atoms with E-state index in [4.69, 9.17) is 0 Å². The van der Waals surface area contributed by atoms with Gasteiger partial charge in [0.15, 0.2) is 0 Å². The summed E-state index contributed by atoms with van der Waals surface area (Å²) in [6, 6.07) is 8.94. The molecule has 2 saturated heterocycles. The van der Waals surface area contributed by atoms with Gasteiger partial charge in [-0.2, -0.15) is 0 Å². The van der Waals surface area contributed by atoms with E-state index in [1.807, 2.05) is 4.90 Å². The lowest BCUT2D eigenvalue weighted by molar-refractivity contribution is -0.144. The molecule has 1 aromatic carbocycles. The summed E-state index contributed by atoms with van der Waals surface area (Å²) >= 11 is 0. The van der Waals surface area contributed by atoms with Crippen molar-refractivity contribution in [1.82, 2.24) is 9.80 Å². The number of carbonyl (C=O) groups excluding carboxylic acids is 1. The van der Waals surface area contributed by atoms with Gasteiger partial charge < -0.3 is 14.9 Å². The van der Waals surface area contributed by atoms with Crippen LogP contribution in [0, 0.1) is 12.8 Å². The molecule has 0 saturated carbocycles. The summed E-state index contributed by atoms with van der Waals surface area (Å²) < 4.78 is 0. The maximum atomic E-state index is 13.2. The van der Waals surface area contributed by atoms with Gasteiger partial charge in [0.05, 0.1) is 12.1 Å². The van der Waals surface area contributed by atoms with Gasteiger partial charge in [-0.1, -0.05) is 29.8 Å². The van der Waals surface area contributed by atoms with Crippen LogP contribution in [0.15, 0.2) is 24.3 Å². The van der Waals surface area contributed by atoms with E-state index in [-0.39, 0.29) is 17.9 Å². The van der Waals surface area contributed by atoms with Gasteiger partial charge in [0.2, 0.25) is 5.91 Å². The van der Waals surface area contributed by atoms with E-state index in [1.165, 1.54) is 11.1 Å². The number of likely N-dealkylation sites (tertiary alicyclic amines) is 2. The molecule has 1 aromatic rings. The van der Waals surface area contributed by atoms with E-state index in [1.54, 1.807) is 0 Å². The van der Waals surface area contributed by atoms with Gasteiger partial charge in [0.1, 0.15) is 0 Å². The number of benzene rings is 1. The van der Waals surface area contributed by atoms with Crippen LogP contribution in [0.2, 0.25) is 0 Å². The Bertz CT molecular complexity index is 591. The quantitative estimate of drug-likeness (QED) is 0.900. The molecule has 4 nitrogen and oxygen atoms in total. The molecular weight excluding hydrogens is 324 g/mol. The van der Waals surface area contributed by atoms with Gasteiger partial charge in [0.25, 0.3) is 0 Å². The molecule has 2 atom stereocenters. The summed E-state index contributed by atoms with van der Waals surface area (Å²) in [6.45, 7) is 9.33. The Morgan fingerprint density at radius 1 is 1.12 bits per heavy atom. The van der Waals surface area contributed by atoms with Crippen molar-refractivity contribution in [3.8, 4) is 0 Å². The first kappa shape index (κ1) is 19.4. The summed E-state index contributed by atoms with van der Waals surface area (Å²) in [7, 11) is 0. The van der Waals surface area contributed by atoms with E-state index < -0.39 is 6.10 Å². The molecule has 1 N–H and O–H groups in total. The first-order chi connectivity index (χ1) is 12.5. The maximum Gasteiger partial charge on any atom is 0.226 e. The van der Waals surface area contributed by atoms with Gasteiger partial charge in [0, 0.05) is 18.5 Å². The highest BCUT2D eigenvalue weighted by molar-refractivity contribution is 5.79. The Balaban J connectivity index is 1.67. The van der Waals surface area contributed by atoms with Gasteiger partial charge >= 0.3 is 0 Å². The molecule has 0 radical (unpaired) electrons. The summed E-state index contributed by atoms with van der Waals surface area (Å²) in [5, 5.41) is 10.6. The van der Waals surface area contributed by atoms with Gasteiger partial charge in [-0.3, -0.25) is 4.79 Å². The van der Waals surface area contributed by atoms with Crippen molar-refractivity contribution in [3.63, 3.8) is 0 Å². The molecule has 4 heteroatoms. The average Bonchev–Trinajstić information content (AvgIpc) is 2.64. The zero-order valence-electron chi connectivity index (χ0n) is 16.5. The van der Waals surface area contributed by atoms with Crippen LogP contribution in [0.5, 0.6) is 0 Å². The van der Waals surface area contributed by atoms with E-state index in [9.17, 15) is 9.90 Å². The minimum absolute atomic E-state index is 0.0814. The number of amides is 1. The van der Waals surface area contributed by atoms with Gasteiger partial charge in [-0.15, -0.1) is 0 Å². The minimum atomic E-state index is -0.412. The topological polar surface area (TPSA) is 43.8 Å². The Morgan fingerprint density at radius 3 is 2.38 bits per heavy atom. The van der Waals surface area contributed by atoms with Crippen LogP contribution in [0.25, 0.3) is 0 Å². The van der Waals surface area contributed by atoms with Crippen molar-refractivity contribution in [1.29, 1.82) is 0 Å². The molecule has 2 aliphatic rings. The number of aliphatic hydroxyl groups excluding tert-OH is 1. The van der Waals surface area contributed by atoms with Crippen LogP contribution < -0.4 is 0 Å². The number of rotatable bonds is 4. The lowest BCUT2D eigenvalue weighted by Crippen LogP contribution is -2.55. The Morgan fingerprint density at radius 2 is 1.77 bits per heavy atom. The molecule has 2 heterocycles. The first-order valence-corrected chi connectivity index (χ1v) is 10.2. The normalized spacial score (nSPS) is 25.7. The fourth-order valence-corrected chi connectivity index (χ4v) is 4.42. The molecule has 1 amide bonds. The Kier molecular flexibility index (Phi) is 6.36. The number of hydrogen-bond donors (Lipinski definition) is 1. The molecule has 0 aromatic heterocycles. The zero-order chi connectivity index (χ0) is 18.7. The van der Waals surface area contributed by atoms with Crippen molar-refractivity contribution in [2.45, 2.75) is 71.1 Å². The largest absolute Gasteiger partial charge is 0.391 e. The smallest absolute Gasteiger partial charge is 0.226 e. The predicted molar refractivity (Wildman–Crippen MR) is 105 cm³/mol. The summed E-state index contributed by atoms with van der Waals surface area (Å²) in [4.78, 5) is 17.7. The van der Waals surface area contributed by atoms with Crippen molar-refractivity contribution in [2.75, 3.05) is 19.6 Å². The number of hydrogen-bond acceptors (Lipinski definition) is 3. The highest BCUT2D eigenvalue weighted by atomic mass is 16.3. The molecule has 0 unspecified atom stereocenters. The fraction of sp³-hybridized carbons (Fsp3) is 0.682. The highest BCUT2D eigenvalue weighted by Gasteiger charge is 2.37. The molecule has 0 aliphatic carbocycles. The Hall–Kier alpha value is -1.39. The third kappa shape index (κ3) is 4.47. The highest BCUT2D eigenvalue weighted by Crippen LogP contribution is 2.27.